The summed E-state index contributed by atoms with van der Waals surface area (Å²) in [6.07, 6.45) is -7.05. The Morgan fingerprint density at radius 2 is 1.81 bits per heavy atom. The average Bonchev–Trinajstić information content (AvgIpc) is 3.58. The Morgan fingerprint density at radius 3 is 2.60 bits per heavy atom. The molecule has 2 saturated heterocycles. The Bertz CT molecular complexity index is 1980. The molecule has 6 rings (SSSR count). The van der Waals surface area contributed by atoms with E-state index in [0.29, 0.717) is 16.7 Å². The molecule has 0 aliphatic carbocycles. The van der Waals surface area contributed by atoms with Crippen LogP contribution in [0.25, 0.3) is 11.0 Å². The van der Waals surface area contributed by atoms with Crippen LogP contribution in [-0.4, -0.2) is 73.2 Å². The summed E-state index contributed by atoms with van der Waals surface area (Å²) in [4.78, 5) is 48.5. The highest BCUT2D eigenvalue weighted by molar-refractivity contribution is 7.61. The minimum Gasteiger partial charge on any atom is -0.431 e. The molecule has 3 N–H and O–H groups in total. The molecule has 0 radical (unpaired) electrons. The zero-order valence-corrected chi connectivity index (χ0v) is 25.8. The van der Waals surface area contributed by atoms with Crippen molar-refractivity contribution in [3.05, 3.63) is 99.0 Å². The van der Waals surface area contributed by atoms with Gasteiger partial charge in [-0.3, -0.25) is 23.0 Å². The second-order valence-corrected chi connectivity index (χ2v) is 13.5. The number of phosphoric ester groups is 2. The molecular weight excluding hydrogens is 668 g/mol. The van der Waals surface area contributed by atoms with Crippen LogP contribution < -0.4 is 11.2 Å². The van der Waals surface area contributed by atoms with E-state index in [1.807, 2.05) is 0 Å². The fourth-order valence-electron chi connectivity index (χ4n) is 4.86. The van der Waals surface area contributed by atoms with Gasteiger partial charge in [0, 0.05) is 24.1 Å². The van der Waals surface area contributed by atoms with Gasteiger partial charge in [0.05, 0.1) is 25.3 Å². The summed E-state index contributed by atoms with van der Waals surface area (Å²) in [5.74, 6) is -0.811. The molecule has 0 amide bonds. The van der Waals surface area contributed by atoms with Crippen molar-refractivity contribution in [1.29, 1.82) is 0 Å². The molecular formula is C27H27N3O15P2. The molecule has 47 heavy (non-hydrogen) atoms. The second-order valence-electron chi connectivity index (χ2n) is 10.3. The smallest absolute Gasteiger partial charge is 0.431 e. The molecule has 0 bridgehead atoms. The highest BCUT2D eigenvalue weighted by atomic mass is 31.3. The molecule has 5 unspecified atom stereocenters. The summed E-state index contributed by atoms with van der Waals surface area (Å²) < 4.78 is 62.7. The van der Waals surface area contributed by atoms with E-state index in [1.54, 1.807) is 42.5 Å². The summed E-state index contributed by atoms with van der Waals surface area (Å²) in [6.45, 7) is -1.52. The number of carbonyl (C=O) groups is 1. The number of ether oxygens (including phenoxy) is 2. The topological polar surface area (TPSA) is 237 Å². The number of aliphatic hydroxyl groups is 2. The van der Waals surface area contributed by atoms with E-state index >= 15 is 0 Å². The lowest BCUT2D eigenvalue weighted by Gasteiger charge is -2.29. The van der Waals surface area contributed by atoms with Crippen LogP contribution in [0, 0.1) is 0 Å². The van der Waals surface area contributed by atoms with E-state index in [0.717, 1.165) is 21.4 Å². The Balaban J connectivity index is 1.10. The zero-order valence-electron chi connectivity index (χ0n) is 24.0. The minimum absolute atomic E-state index is 0.0637. The van der Waals surface area contributed by atoms with Crippen LogP contribution in [-0.2, 0) is 43.0 Å². The van der Waals surface area contributed by atoms with Crippen LogP contribution >= 0.6 is 15.6 Å². The van der Waals surface area contributed by atoms with Gasteiger partial charge >= 0.3 is 27.3 Å². The van der Waals surface area contributed by atoms with Crippen molar-refractivity contribution in [3.8, 4) is 0 Å². The number of hydrogen-bond donors (Lipinski definition) is 3. The van der Waals surface area contributed by atoms with Crippen molar-refractivity contribution in [2.24, 2.45) is 0 Å². The molecule has 2 aliphatic rings. The first-order chi connectivity index (χ1) is 22.4. The molecule has 4 heterocycles. The summed E-state index contributed by atoms with van der Waals surface area (Å²) in [6, 6.07) is 15.7. The number of esters is 1. The monoisotopic (exact) mass is 695 g/mol. The van der Waals surface area contributed by atoms with E-state index in [9.17, 15) is 38.6 Å². The van der Waals surface area contributed by atoms with Crippen LogP contribution in [0.5, 0.6) is 0 Å². The fourth-order valence-corrected chi connectivity index (χ4v) is 7.56. The standard InChI is InChI=1S/C27H27N3O15P2/c31-21-10-12-29(27(35)30(21)14-18-17-8-4-5-9-19(17)43-28-18)25-24(33)23(32)20(41-25)15-40-46(36,37)45-47(38)39-13-11-22(44-47)42-26(34)16-6-2-1-3-7-16/h1-10,12,20,22-25,32-33H,11,13-15H2,(H,36,37)/t20-,22?,23?,24?,25-,47?/m1/s1. The lowest BCUT2D eigenvalue weighted by atomic mass is 10.1. The third-order valence-corrected chi connectivity index (χ3v) is 10.3. The van der Waals surface area contributed by atoms with Gasteiger partial charge in [0.1, 0.15) is 24.0 Å². The van der Waals surface area contributed by atoms with Crippen molar-refractivity contribution in [1.82, 2.24) is 14.3 Å². The summed E-state index contributed by atoms with van der Waals surface area (Å²) in [5.41, 5.74) is -0.708. The number of para-hydroxylation sites is 1. The maximum atomic E-state index is 13.3. The third kappa shape index (κ3) is 7.22. The van der Waals surface area contributed by atoms with Crippen molar-refractivity contribution < 1.29 is 60.9 Å². The predicted octanol–water partition coefficient (Wildman–Crippen LogP) is 1.68. The van der Waals surface area contributed by atoms with Gasteiger partial charge in [-0.1, -0.05) is 35.5 Å². The molecule has 2 aromatic carbocycles. The molecule has 20 heteroatoms. The number of fused-ring (bicyclic) bond motifs is 1. The minimum atomic E-state index is -5.27. The summed E-state index contributed by atoms with van der Waals surface area (Å²) >= 11 is 0. The van der Waals surface area contributed by atoms with Gasteiger partial charge in [-0.25, -0.2) is 23.2 Å². The van der Waals surface area contributed by atoms with Crippen molar-refractivity contribution in [2.75, 3.05) is 13.2 Å². The van der Waals surface area contributed by atoms with Gasteiger partial charge in [0.25, 0.3) is 5.56 Å². The first kappa shape index (κ1) is 33.1. The first-order valence-corrected chi connectivity index (χ1v) is 16.9. The van der Waals surface area contributed by atoms with Crippen molar-refractivity contribution >= 4 is 32.6 Å². The van der Waals surface area contributed by atoms with Gasteiger partial charge in [0.2, 0.25) is 6.29 Å². The maximum absolute atomic E-state index is 13.3. The maximum Gasteiger partial charge on any atom is 0.486 e. The molecule has 2 aromatic heterocycles. The average molecular weight is 695 g/mol. The fraction of sp³-hybridized carbons (Fsp3) is 0.333. The number of nitrogens with zero attached hydrogens (tertiary/aromatic N) is 3. The van der Waals surface area contributed by atoms with Crippen LogP contribution in [0.2, 0.25) is 0 Å². The normalized spacial score (nSPS) is 27.4. The van der Waals surface area contributed by atoms with Crippen molar-refractivity contribution in [2.45, 2.75) is 43.8 Å². The Labute approximate surface area is 263 Å². The number of benzene rings is 2. The lowest BCUT2D eigenvalue weighted by Crippen LogP contribution is -2.43. The first-order valence-electron chi connectivity index (χ1n) is 14.0. The van der Waals surface area contributed by atoms with Gasteiger partial charge < -0.3 is 29.1 Å². The number of phosphoric acid groups is 2. The largest absolute Gasteiger partial charge is 0.486 e. The van der Waals surface area contributed by atoms with Gasteiger partial charge in [-0.15, -0.1) is 0 Å². The van der Waals surface area contributed by atoms with E-state index in [1.165, 1.54) is 12.1 Å². The summed E-state index contributed by atoms with van der Waals surface area (Å²) in [7, 11) is -10.1. The Kier molecular flexibility index (Phi) is 9.42. The van der Waals surface area contributed by atoms with E-state index in [2.05, 4.69) is 9.47 Å². The Morgan fingerprint density at radius 1 is 1.06 bits per heavy atom. The van der Waals surface area contributed by atoms with E-state index in [-0.39, 0.29) is 25.1 Å². The molecule has 18 nitrogen and oxygen atoms in total. The molecule has 2 fully saturated rings. The molecule has 4 aromatic rings. The third-order valence-electron chi connectivity index (χ3n) is 7.17. The lowest BCUT2D eigenvalue weighted by molar-refractivity contribution is -0.0931. The molecule has 0 spiro atoms. The molecule has 0 saturated carbocycles. The van der Waals surface area contributed by atoms with Crippen LogP contribution in [0.15, 0.2) is 81.0 Å². The highest BCUT2D eigenvalue weighted by Gasteiger charge is 2.48. The van der Waals surface area contributed by atoms with Gasteiger partial charge in [0.15, 0.2) is 11.8 Å². The number of aliphatic hydroxyl groups excluding tert-OH is 2. The number of hydrogen-bond acceptors (Lipinski definition) is 15. The van der Waals surface area contributed by atoms with Gasteiger partial charge in [-0.05, 0) is 24.3 Å². The molecule has 7 atom stereocenters. The Hall–Kier alpha value is -3.80. The highest BCUT2D eigenvalue weighted by Crippen LogP contribution is 2.65. The van der Waals surface area contributed by atoms with Crippen LogP contribution in [0.3, 0.4) is 0 Å². The van der Waals surface area contributed by atoms with Crippen molar-refractivity contribution in [3.63, 3.8) is 0 Å². The van der Waals surface area contributed by atoms with E-state index in [4.69, 9.17) is 27.6 Å². The quantitative estimate of drug-likeness (QED) is 0.158. The number of rotatable bonds is 10. The van der Waals surface area contributed by atoms with Crippen LogP contribution in [0.4, 0.5) is 0 Å². The predicted molar refractivity (Wildman–Crippen MR) is 156 cm³/mol. The molecule has 250 valence electrons. The number of carbonyl (C=O) groups excluding carboxylic acids is 1. The zero-order chi connectivity index (χ0) is 33.3. The summed E-state index contributed by atoms with van der Waals surface area (Å²) in [5, 5.41) is 25.8. The second kappa shape index (κ2) is 13.4. The SMILES string of the molecule is O=C(OC1CCOP(=O)(OP(=O)(O)OC[C@H]2O[C@@H](n3ccc(=O)n(Cc4noc5ccccc45)c3=O)C(O)C2O)O1)c1ccccc1. The van der Waals surface area contributed by atoms with Crippen LogP contribution in [0.1, 0.15) is 28.7 Å². The van der Waals surface area contributed by atoms with Gasteiger partial charge in [-0.2, -0.15) is 4.31 Å². The molecule has 2 aliphatic heterocycles. The van der Waals surface area contributed by atoms with E-state index < -0.39 is 70.3 Å². The number of aromatic nitrogens is 3.